The zero-order chi connectivity index (χ0) is 13.5. The van der Waals surface area contributed by atoms with Crippen LogP contribution < -0.4 is 0 Å². The van der Waals surface area contributed by atoms with Gasteiger partial charge in [-0.2, -0.15) is 0 Å². The topological polar surface area (TPSA) is 40.5 Å². The summed E-state index contributed by atoms with van der Waals surface area (Å²) in [5.74, 6) is 0.864. The van der Waals surface area contributed by atoms with Gasteiger partial charge in [0, 0.05) is 5.41 Å². The van der Waals surface area contributed by atoms with Crippen LogP contribution in [0.15, 0.2) is 12.2 Å². The van der Waals surface area contributed by atoms with Gasteiger partial charge in [-0.25, -0.2) is 0 Å². The van der Waals surface area contributed by atoms with E-state index in [-0.39, 0.29) is 29.5 Å². The van der Waals surface area contributed by atoms with Gasteiger partial charge in [0.1, 0.15) is 0 Å². The Morgan fingerprint density at radius 2 is 2.00 bits per heavy atom. The van der Waals surface area contributed by atoms with Crippen LogP contribution >= 0.6 is 0 Å². The monoisotopic (exact) mass is 252 g/mol. The largest absolute Gasteiger partial charge is 0.393 e. The number of hydrogen-bond acceptors (Lipinski definition) is 2. The van der Waals surface area contributed by atoms with Gasteiger partial charge in [0.25, 0.3) is 0 Å². The Balaban J connectivity index is 2.30. The highest BCUT2D eigenvalue weighted by Gasteiger charge is 2.51. The van der Waals surface area contributed by atoms with Gasteiger partial charge in [0.2, 0.25) is 0 Å². The molecule has 0 heterocycles. The molecule has 2 aliphatic carbocycles. The third-order valence-corrected chi connectivity index (χ3v) is 5.45. The zero-order valence-corrected chi connectivity index (χ0v) is 12.0. The van der Waals surface area contributed by atoms with Gasteiger partial charge in [-0.1, -0.05) is 39.3 Å². The van der Waals surface area contributed by atoms with E-state index in [1.54, 1.807) is 0 Å². The van der Waals surface area contributed by atoms with Crippen molar-refractivity contribution in [3.8, 4) is 0 Å². The molecule has 0 spiro atoms. The van der Waals surface area contributed by atoms with Gasteiger partial charge >= 0.3 is 0 Å². The van der Waals surface area contributed by atoms with Crippen molar-refractivity contribution in [1.82, 2.24) is 0 Å². The summed E-state index contributed by atoms with van der Waals surface area (Å²) >= 11 is 0. The van der Waals surface area contributed by atoms with E-state index in [0.29, 0.717) is 5.92 Å². The van der Waals surface area contributed by atoms with Crippen molar-refractivity contribution >= 4 is 0 Å². The predicted molar refractivity (Wildman–Crippen MR) is 74.2 cm³/mol. The quantitative estimate of drug-likeness (QED) is 0.741. The molecule has 2 nitrogen and oxygen atoms in total. The minimum atomic E-state index is -0.267. The van der Waals surface area contributed by atoms with Crippen molar-refractivity contribution < 1.29 is 10.2 Å². The maximum absolute atomic E-state index is 10.5. The SMILES string of the molecule is C=C1CC[C@H](O)[C@@]2(C)CCC[C@@H]([C@@H](O)C(C)C)[C@H]12. The van der Waals surface area contributed by atoms with Gasteiger partial charge < -0.3 is 10.2 Å². The summed E-state index contributed by atoms with van der Waals surface area (Å²) in [5.41, 5.74) is 1.20. The first-order valence-electron chi connectivity index (χ1n) is 7.41. The molecule has 0 aromatic carbocycles. The lowest BCUT2D eigenvalue weighted by atomic mass is 9.52. The van der Waals surface area contributed by atoms with Crippen LogP contribution in [0.4, 0.5) is 0 Å². The second kappa shape index (κ2) is 4.97. The molecule has 18 heavy (non-hydrogen) atoms. The van der Waals surface area contributed by atoms with Crippen molar-refractivity contribution in [2.24, 2.45) is 23.2 Å². The van der Waals surface area contributed by atoms with E-state index in [1.807, 2.05) is 0 Å². The Morgan fingerprint density at radius 3 is 2.61 bits per heavy atom. The van der Waals surface area contributed by atoms with Crippen molar-refractivity contribution in [3.05, 3.63) is 12.2 Å². The predicted octanol–water partition coefficient (Wildman–Crippen LogP) is 3.14. The molecule has 0 unspecified atom stereocenters. The Hall–Kier alpha value is -0.340. The smallest absolute Gasteiger partial charge is 0.0602 e. The number of allylic oxidation sites excluding steroid dienone is 1. The molecule has 0 aromatic rings. The molecule has 2 fully saturated rings. The second-order valence-electron chi connectivity index (χ2n) is 6.99. The molecule has 0 saturated heterocycles. The lowest BCUT2D eigenvalue weighted by Crippen LogP contribution is -2.52. The normalized spacial score (nSPS) is 42.8. The van der Waals surface area contributed by atoms with Gasteiger partial charge in [-0.3, -0.25) is 0 Å². The summed E-state index contributed by atoms with van der Waals surface area (Å²) in [6.45, 7) is 10.6. The summed E-state index contributed by atoms with van der Waals surface area (Å²) in [6.07, 6.45) is 4.53. The van der Waals surface area contributed by atoms with E-state index < -0.39 is 0 Å². The zero-order valence-electron chi connectivity index (χ0n) is 12.0. The Morgan fingerprint density at radius 1 is 1.33 bits per heavy atom. The van der Waals surface area contributed by atoms with Gasteiger partial charge in [0.15, 0.2) is 0 Å². The lowest BCUT2D eigenvalue weighted by Gasteiger charge is -2.54. The number of fused-ring (bicyclic) bond motifs is 1. The highest BCUT2D eigenvalue weighted by Crippen LogP contribution is 2.55. The summed E-state index contributed by atoms with van der Waals surface area (Å²) in [6, 6.07) is 0. The molecule has 5 atom stereocenters. The van der Waals surface area contributed by atoms with Crippen molar-refractivity contribution in [1.29, 1.82) is 0 Å². The van der Waals surface area contributed by atoms with Gasteiger partial charge in [0.05, 0.1) is 12.2 Å². The minimum absolute atomic E-state index is 0.0614. The lowest BCUT2D eigenvalue weighted by molar-refractivity contribution is -0.0969. The molecule has 2 saturated carbocycles. The van der Waals surface area contributed by atoms with E-state index >= 15 is 0 Å². The highest BCUT2D eigenvalue weighted by atomic mass is 16.3. The molecule has 104 valence electrons. The number of aliphatic hydroxyl groups excluding tert-OH is 2. The third-order valence-electron chi connectivity index (χ3n) is 5.45. The molecule has 2 aliphatic rings. The summed E-state index contributed by atoms with van der Waals surface area (Å²) in [4.78, 5) is 0. The average molecular weight is 252 g/mol. The van der Waals surface area contributed by atoms with Gasteiger partial charge in [-0.15, -0.1) is 0 Å². The summed E-state index contributed by atoms with van der Waals surface area (Å²) < 4.78 is 0. The standard InChI is InChI=1S/C16H28O2/c1-10(2)15(18)12-6-5-9-16(4)13(17)8-7-11(3)14(12)16/h10,12-15,17-18H,3,5-9H2,1-2,4H3/t12-,13+,14+,15+,16-/m1/s1. The van der Waals surface area contributed by atoms with E-state index in [4.69, 9.17) is 0 Å². The Labute approximate surface area is 111 Å². The molecular weight excluding hydrogens is 224 g/mol. The molecule has 2 N–H and O–H groups in total. The first-order chi connectivity index (χ1) is 8.38. The fraction of sp³-hybridized carbons (Fsp3) is 0.875. The van der Waals surface area contributed by atoms with Crippen LogP contribution in [0.5, 0.6) is 0 Å². The average Bonchev–Trinajstić information content (AvgIpc) is 2.32. The van der Waals surface area contributed by atoms with Crippen LogP contribution in [0.1, 0.15) is 52.9 Å². The molecule has 0 aromatic heterocycles. The maximum atomic E-state index is 10.5. The number of aliphatic hydroxyl groups is 2. The van der Waals surface area contributed by atoms with Gasteiger partial charge in [-0.05, 0) is 43.4 Å². The van der Waals surface area contributed by atoms with Crippen molar-refractivity contribution in [2.45, 2.75) is 65.1 Å². The van der Waals surface area contributed by atoms with Crippen LogP contribution in [0.3, 0.4) is 0 Å². The maximum Gasteiger partial charge on any atom is 0.0602 e. The number of hydrogen-bond donors (Lipinski definition) is 2. The fourth-order valence-corrected chi connectivity index (χ4v) is 4.34. The van der Waals surface area contributed by atoms with E-state index in [0.717, 1.165) is 32.1 Å². The Kier molecular flexibility index (Phi) is 3.89. The van der Waals surface area contributed by atoms with Crippen LogP contribution in [0.25, 0.3) is 0 Å². The fourth-order valence-electron chi connectivity index (χ4n) is 4.34. The molecule has 2 heteroatoms. The second-order valence-corrected chi connectivity index (χ2v) is 6.99. The molecule has 0 amide bonds. The van der Waals surface area contributed by atoms with Crippen LogP contribution in [-0.2, 0) is 0 Å². The van der Waals surface area contributed by atoms with Crippen LogP contribution in [-0.4, -0.2) is 22.4 Å². The van der Waals surface area contributed by atoms with Crippen LogP contribution in [0.2, 0.25) is 0 Å². The highest BCUT2D eigenvalue weighted by molar-refractivity contribution is 5.17. The molecule has 0 bridgehead atoms. The van der Waals surface area contributed by atoms with E-state index in [1.165, 1.54) is 5.57 Å². The van der Waals surface area contributed by atoms with E-state index in [2.05, 4.69) is 27.4 Å². The summed E-state index contributed by atoms with van der Waals surface area (Å²) in [7, 11) is 0. The Bertz CT molecular complexity index is 323. The third kappa shape index (κ3) is 2.14. The molecule has 0 aliphatic heterocycles. The molecule has 0 radical (unpaired) electrons. The van der Waals surface area contributed by atoms with E-state index in [9.17, 15) is 10.2 Å². The first-order valence-corrected chi connectivity index (χ1v) is 7.41. The minimum Gasteiger partial charge on any atom is -0.393 e. The van der Waals surface area contributed by atoms with Crippen LogP contribution in [0, 0.1) is 23.2 Å². The number of rotatable bonds is 2. The molecular formula is C16H28O2. The van der Waals surface area contributed by atoms with Crippen molar-refractivity contribution in [2.75, 3.05) is 0 Å². The molecule has 2 rings (SSSR count). The first kappa shape index (κ1) is 14.1. The summed E-state index contributed by atoms with van der Waals surface area (Å²) in [5, 5.41) is 20.9. The van der Waals surface area contributed by atoms with Crippen molar-refractivity contribution in [3.63, 3.8) is 0 Å².